The largest absolute Gasteiger partial charge is 0.333 e. The van der Waals surface area contributed by atoms with Crippen LogP contribution in [0.15, 0.2) is 12.5 Å². The van der Waals surface area contributed by atoms with Gasteiger partial charge in [-0.25, -0.2) is 4.98 Å². The quantitative estimate of drug-likeness (QED) is 0.771. The number of hydrogen-bond donors (Lipinski definition) is 1. The van der Waals surface area contributed by atoms with Crippen LogP contribution in [0.3, 0.4) is 0 Å². The molecule has 1 rings (SSSR count). The summed E-state index contributed by atoms with van der Waals surface area (Å²) in [7, 11) is 0. The fourth-order valence-electron chi connectivity index (χ4n) is 1.40. The first-order valence-corrected chi connectivity index (χ1v) is 4.70. The van der Waals surface area contributed by atoms with E-state index in [9.17, 15) is 0 Å². The smallest absolute Gasteiger partial charge is 0.0948 e. The van der Waals surface area contributed by atoms with Gasteiger partial charge in [-0.05, 0) is 19.8 Å². The lowest BCUT2D eigenvalue weighted by atomic mass is 10.0. The Labute approximate surface area is 80.0 Å². The van der Waals surface area contributed by atoms with Crippen LogP contribution in [0.4, 0.5) is 0 Å². The van der Waals surface area contributed by atoms with Crippen molar-refractivity contribution < 1.29 is 0 Å². The standard InChI is InChI=1S/C10H19N3/c1-8(2)6-13-7-12-5-9(13)10(3,4)11/h5,7-8H,6,11H2,1-4H3. The second-order valence-electron chi connectivity index (χ2n) is 4.55. The first-order valence-electron chi connectivity index (χ1n) is 4.70. The molecular weight excluding hydrogens is 162 g/mol. The minimum atomic E-state index is -0.300. The van der Waals surface area contributed by atoms with Gasteiger partial charge >= 0.3 is 0 Å². The van der Waals surface area contributed by atoms with Gasteiger partial charge in [0.15, 0.2) is 0 Å². The zero-order chi connectivity index (χ0) is 10.1. The molecule has 2 N–H and O–H groups in total. The Morgan fingerprint density at radius 1 is 1.54 bits per heavy atom. The van der Waals surface area contributed by atoms with E-state index in [2.05, 4.69) is 23.4 Å². The minimum Gasteiger partial charge on any atom is -0.333 e. The van der Waals surface area contributed by atoms with Crippen molar-refractivity contribution in [2.24, 2.45) is 11.7 Å². The molecule has 13 heavy (non-hydrogen) atoms. The van der Waals surface area contributed by atoms with E-state index in [0.29, 0.717) is 5.92 Å². The first kappa shape index (κ1) is 10.3. The van der Waals surface area contributed by atoms with Gasteiger partial charge in [0.05, 0.1) is 17.6 Å². The van der Waals surface area contributed by atoms with E-state index in [0.717, 1.165) is 12.2 Å². The third-order valence-corrected chi connectivity index (χ3v) is 1.93. The molecule has 74 valence electrons. The highest BCUT2D eigenvalue weighted by molar-refractivity contribution is 5.09. The highest BCUT2D eigenvalue weighted by atomic mass is 15.1. The van der Waals surface area contributed by atoms with E-state index in [1.807, 2.05) is 26.4 Å². The molecule has 0 fully saturated rings. The molecule has 0 amide bonds. The number of hydrogen-bond acceptors (Lipinski definition) is 2. The maximum Gasteiger partial charge on any atom is 0.0948 e. The van der Waals surface area contributed by atoms with Crippen molar-refractivity contribution in [2.75, 3.05) is 0 Å². The van der Waals surface area contributed by atoms with Crippen LogP contribution in [0.2, 0.25) is 0 Å². The number of imidazole rings is 1. The Morgan fingerprint density at radius 3 is 2.62 bits per heavy atom. The van der Waals surface area contributed by atoms with Crippen molar-refractivity contribution in [1.82, 2.24) is 9.55 Å². The molecule has 0 unspecified atom stereocenters. The van der Waals surface area contributed by atoms with Crippen molar-refractivity contribution in [3.8, 4) is 0 Å². The van der Waals surface area contributed by atoms with E-state index in [1.165, 1.54) is 0 Å². The second kappa shape index (κ2) is 3.50. The lowest BCUT2D eigenvalue weighted by molar-refractivity contribution is 0.450. The lowest BCUT2D eigenvalue weighted by Crippen LogP contribution is -2.31. The highest BCUT2D eigenvalue weighted by Gasteiger charge is 2.18. The molecule has 0 radical (unpaired) electrons. The Kier molecular flexibility index (Phi) is 2.76. The van der Waals surface area contributed by atoms with Gasteiger partial charge in [-0.3, -0.25) is 0 Å². The van der Waals surface area contributed by atoms with Gasteiger partial charge in [0.25, 0.3) is 0 Å². The molecule has 3 heteroatoms. The molecule has 0 aliphatic heterocycles. The van der Waals surface area contributed by atoms with Gasteiger partial charge < -0.3 is 10.3 Å². The van der Waals surface area contributed by atoms with Gasteiger partial charge in [0.2, 0.25) is 0 Å². The Balaban J connectivity index is 2.90. The normalized spacial score (nSPS) is 12.5. The summed E-state index contributed by atoms with van der Waals surface area (Å²) in [6, 6.07) is 0. The van der Waals surface area contributed by atoms with Gasteiger partial charge in [-0.2, -0.15) is 0 Å². The number of nitrogens with zero attached hydrogens (tertiary/aromatic N) is 2. The molecule has 3 nitrogen and oxygen atoms in total. The second-order valence-corrected chi connectivity index (χ2v) is 4.55. The lowest BCUT2D eigenvalue weighted by Gasteiger charge is -2.21. The molecule has 0 aliphatic carbocycles. The van der Waals surface area contributed by atoms with Crippen molar-refractivity contribution in [1.29, 1.82) is 0 Å². The van der Waals surface area contributed by atoms with Crippen LogP contribution in [-0.2, 0) is 12.1 Å². The molecule has 1 heterocycles. The third kappa shape index (κ3) is 2.56. The summed E-state index contributed by atoms with van der Waals surface area (Å²) in [4.78, 5) is 4.12. The van der Waals surface area contributed by atoms with Gasteiger partial charge in [-0.15, -0.1) is 0 Å². The van der Waals surface area contributed by atoms with Crippen LogP contribution in [0.1, 0.15) is 33.4 Å². The molecule has 0 aliphatic rings. The summed E-state index contributed by atoms with van der Waals surface area (Å²) >= 11 is 0. The summed E-state index contributed by atoms with van der Waals surface area (Å²) in [6.07, 6.45) is 3.70. The summed E-state index contributed by atoms with van der Waals surface area (Å²) < 4.78 is 2.13. The van der Waals surface area contributed by atoms with E-state index in [4.69, 9.17) is 5.73 Å². The van der Waals surface area contributed by atoms with Crippen molar-refractivity contribution >= 4 is 0 Å². The molecule has 0 atom stereocenters. The topological polar surface area (TPSA) is 43.8 Å². The SMILES string of the molecule is CC(C)Cn1cncc1C(C)(C)N. The van der Waals surface area contributed by atoms with Crippen molar-refractivity contribution in [3.05, 3.63) is 18.2 Å². The summed E-state index contributed by atoms with van der Waals surface area (Å²) in [6.45, 7) is 9.36. The zero-order valence-corrected chi connectivity index (χ0v) is 8.91. The third-order valence-electron chi connectivity index (χ3n) is 1.93. The number of nitrogens with two attached hydrogens (primary N) is 1. The van der Waals surface area contributed by atoms with E-state index in [-0.39, 0.29) is 5.54 Å². The summed E-state index contributed by atoms with van der Waals surface area (Å²) in [5.41, 5.74) is 6.82. The predicted molar refractivity (Wildman–Crippen MR) is 54.3 cm³/mol. The average molecular weight is 181 g/mol. The molecule has 0 saturated carbocycles. The average Bonchev–Trinajstić information content (AvgIpc) is 2.31. The van der Waals surface area contributed by atoms with Gasteiger partial charge in [-0.1, -0.05) is 13.8 Å². The fraction of sp³-hybridized carbons (Fsp3) is 0.700. The molecule has 0 saturated heterocycles. The maximum atomic E-state index is 6.02. The minimum absolute atomic E-state index is 0.300. The maximum absolute atomic E-state index is 6.02. The van der Waals surface area contributed by atoms with Gasteiger partial charge in [0, 0.05) is 12.7 Å². The summed E-state index contributed by atoms with van der Waals surface area (Å²) in [5, 5.41) is 0. The number of aromatic nitrogens is 2. The van der Waals surface area contributed by atoms with Crippen LogP contribution in [0.5, 0.6) is 0 Å². The zero-order valence-electron chi connectivity index (χ0n) is 8.91. The van der Waals surface area contributed by atoms with Crippen LogP contribution in [-0.4, -0.2) is 9.55 Å². The van der Waals surface area contributed by atoms with Crippen molar-refractivity contribution in [3.63, 3.8) is 0 Å². The molecule has 0 bridgehead atoms. The van der Waals surface area contributed by atoms with Crippen LogP contribution < -0.4 is 5.73 Å². The Hall–Kier alpha value is -0.830. The Morgan fingerprint density at radius 2 is 2.15 bits per heavy atom. The van der Waals surface area contributed by atoms with Crippen LogP contribution >= 0.6 is 0 Å². The van der Waals surface area contributed by atoms with E-state index in [1.54, 1.807) is 0 Å². The molecule has 0 spiro atoms. The molecule has 1 aromatic rings. The van der Waals surface area contributed by atoms with Crippen LogP contribution in [0, 0.1) is 5.92 Å². The Bertz CT molecular complexity index is 268. The first-order chi connectivity index (χ1) is 5.91. The van der Waals surface area contributed by atoms with Crippen molar-refractivity contribution in [2.45, 2.75) is 39.8 Å². The molecular formula is C10H19N3. The molecule has 0 aromatic carbocycles. The fourth-order valence-corrected chi connectivity index (χ4v) is 1.40. The number of rotatable bonds is 3. The highest BCUT2D eigenvalue weighted by Crippen LogP contribution is 2.17. The summed E-state index contributed by atoms with van der Waals surface area (Å²) in [5.74, 6) is 0.621. The van der Waals surface area contributed by atoms with E-state index >= 15 is 0 Å². The van der Waals surface area contributed by atoms with Crippen LogP contribution in [0.25, 0.3) is 0 Å². The van der Waals surface area contributed by atoms with Gasteiger partial charge in [0.1, 0.15) is 0 Å². The predicted octanol–water partition coefficient (Wildman–Crippen LogP) is 1.73. The van der Waals surface area contributed by atoms with E-state index < -0.39 is 0 Å². The molecule has 1 aromatic heterocycles. The monoisotopic (exact) mass is 181 g/mol.